The molecular formula is C13H10FN5. The Bertz CT molecular complexity index is 745. The summed E-state index contributed by atoms with van der Waals surface area (Å²) >= 11 is 0. The van der Waals surface area contributed by atoms with E-state index in [-0.39, 0.29) is 5.82 Å². The highest BCUT2D eigenvalue weighted by atomic mass is 19.1. The van der Waals surface area contributed by atoms with Crippen molar-refractivity contribution in [2.24, 2.45) is 0 Å². The number of anilines is 1. The molecule has 5 nitrogen and oxygen atoms in total. The minimum atomic E-state index is -0.260. The summed E-state index contributed by atoms with van der Waals surface area (Å²) in [6.45, 7) is 0. The number of nitrogens with zero attached hydrogens (tertiary/aromatic N) is 3. The molecule has 0 bridgehead atoms. The minimum Gasteiger partial charge on any atom is -0.382 e. The molecule has 0 amide bonds. The summed E-state index contributed by atoms with van der Waals surface area (Å²) in [6, 6.07) is 6.18. The van der Waals surface area contributed by atoms with E-state index in [1.165, 1.54) is 18.5 Å². The number of hydrogen-bond acceptors (Lipinski definition) is 4. The van der Waals surface area contributed by atoms with E-state index in [4.69, 9.17) is 5.73 Å². The van der Waals surface area contributed by atoms with Crippen LogP contribution in [0.15, 0.2) is 30.6 Å². The van der Waals surface area contributed by atoms with Crippen molar-refractivity contribution in [1.29, 1.82) is 0 Å². The quantitative estimate of drug-likeness (QED) is 0.736. The van der Waals surface area contributed by atoms with Crippen LogP contribution in [0.4, 0.5) is 10.2 Å². The summed E-state index contributed by atoms with van der Waals surface area (Å²) in [7, 11) is 0. The van der Waals surface area contributed by atoms with E-state index < -0.39 is 0 Å². The third kappa shape index (κ3) is 2.28. The first kappa shape index (κ1) is 11.3. The van der Waals surface area contributed by atoms with Crippen molar-refractivity contribution in [2.45, 2.75) is 0 Å². The van der Waals surface area contributed by atoms with E-state index in [9.17, 15) is 4.39 Å². The van der Waals surface area contributed by atoms with Gasteiger partial charge in [-0.2, -0.15) is 0 Å². The van der Waals surface area contributed by atoms with Crippen molar-refractivity contribution in [3.8, 4) is 0 Å². The van der Waals surface area contributed by atoms with Crippen LogP contribution in [0.25, 0.3) is 23.3 Å². The Morgan fingerprint density at radius 3 is 2.63 bits per heavy atom. The molecule has 1 aromatic carbocycles. The molecule has 0 fully saturated rings. The van der Waals surface area contributed by atoms with Gasteiger partial charge < -0.3 is 10.7 Å². The van der Waals surface area contributed by atoms with Crippen LogP contribution < -0.4 is 5.73 Å². The number of fused-ring (bicyclic) bond motifs is 1. The van der Waals surface area contributed by atoms with Crippen LogP contribution in [0, 0.1) is 5.82 Å². The molecule has 0 spiro atoms. The number of nitrogen functional groups attached to an aromatic ring is 1. The van der Waals surface area contributed by atoms with Crippen molar-refractivity contribution >= 4 is 29.1 Å². The second kappa shape index (κ2) is 4.49. The van der Waals surface area contributed by atoms with Crippen molar-refractivity contribution in [3.05, 3.63) is 47.8 Å². The number of imidazole rings is 1. The Balaban J connectivity index is 1.93. The van der Waals surface area contributed by atoms with Crippen molar-refractivity contribution in [1.82, 2.24) is 19.9 Å². The van der Waals surface area contributed by atoms with Gasteiger partial charge in [0.15, 0.2) is 11.5 Å². The Kier molecular flexibility index (Phi) is 2.68. The molecule has 19 heavy (non-hydrogen) atoms. The Labute approximate surface area is 108 Å². The standard InChI is InChI=1S/C13H10FN5/c14-9-4-1-8(2-5-9)3-6-10-18-11-12(15)16-7-17-13(11)19-10/h1-7H,(H3,15,16,17,18,19)/b6-3+. The normalized spacial score (nSPS) is 11.4. The number of aromatic amines is 1. The molecule has 6 heteroatoms. The molecule has 0 radical (unpaired) electrons. The summed E-state index contributed by atoms with van der Waals surface area (Å²) in [5.74, 6) is 0.717. The van der Waals surface area contributed by atoms with Gasteiger partial charge in [0, 0.05) is 0 Å². The molecule has 3 rings (SSSR count). The molecule has 0 aliphatic heterocycles. The van der Waals surface area contributed by atoms with Gasteiger partial charge in [0.1, 0.15) is 23.5 Å². The smallest absolute Gasteiger partial charge is 0.183 e. The predicted molar refractivity (Wildman–Crippen MR) is 71.4 cm³/mol. The maximum atomic E-state index is 12.8. The lowest BCUT2D eigenvalue weighted by atomic mass is 10.2. The molecule has 0 aliphatic rings. The number of nitrogens with two attached hydrogens (primary N) is 1. The Morgan fingerprint density at radius 2 is 1.89 bits per heavy atom. The number of hydrogen-bond donors (Lipinski definition) is 2. The third-order valence-corrected chi connectivity index (χ3v) is 2.64. The zero-order chi connectivity index (χ0) is 13.2. The zero-order valence-corrected chi connectivity index (χ0v) is 9.84. The Morgan fingerprint density at radius 1 is 1.11 bits per heavy atom. The number of nitrogens with one attached hydrogen (secondary N) is 1. The van der Waals surface area contributed by atoms with Crippen molar-refractivity contribution < 1.29 is 4.39 Å². The molecule has 3 aromatic rings. The summed E-state index contributed by atoms with van der Waals surface area (Å²) in [4.78, 5) is 15.2. The lowest BCUT2D eigenvalue weighted by molar-refractivity contribution is 0.628. The fraction of sp³-hybridized carbons (Fsp3) is 0. The number of benzene rings is 1. The maximum absolute atomic E-state index is 12.8. The number of H-pyrrole nitrogens is 1. The SMILES string of the molecule is Nc1ncnc2nc(/C=C/c3ccc(F)cc3)[nH]c12. The van der Waals surface area contributed by atoms with Gasteiger partial charge in [-0.3, -0.25) is 0 Å². The van der Waals surface area contributed by atoms with E-state index in [2.05, 4.69) is 19.9 Å². The van der Waals surface area contributed by atoms with Gasteiger partial charge >= 0.3 is 0 Å². The van der Waals surface area contributed by atoms with E-state index in [0.717, 1.165) is 5.56 Å². The van der Waals surface area contributed by atoms with Gasteiger partial charge in [0.25, 0.3) is 0 Å². The maximum Gasteiger partial charge on any atom is 0.183 e. The third-order valence-electron chi connectivity index (χ3n) is 2.64. The average molecular weight is 255 g/mol. The topological polar surface area (TPSA) is 80.5 Å². The fourth-order valence-electron chi connectivity index (χ4n) is 1.69. The van der Waals surface area contributed by atoms with Gasteiger partial charge in [-0.15, -0.1) is 0 Å². The predicted octanol–water partition coefficient (Wildman–Crippen LogP) is 2.24. The number of aromatic nitrogens is 4. The fourth-order valence-corrected chi connectivity index (χ4v) is 1.69. The summed E-state index contributed by atoms with van der Waals surface area (Å²) in [5, 5.41) is 0. The van der Waals surface area contributed by atoms with Crippen molar-refractivity contribution in [2.75, 3.05) is 5.73 Å². The molecule has 2 heterocycles. The summed E-state index contributed by atoms with van der Waals surface area (Å²) in [5.41, 5.74) is 7.71. The van der Waals surface area contributed by atoms with E-state index in [0.29, 0.717) is 22.8 Å². The first-order chi connectivity index (χ1) is 9.22. The minimum absolute atomic E-state index is 0.260. The van der Waals surface area contributed by atoms with Gasteiger partial charge in [-0.1, -0.05) is 18.2 Å². The first-order valence-electron chi connectivity index (χ1n) is 5.62. The lowest BCUT2D eigenvalue weighted by Gasteiger charge is -1.91. The van der Waals surface area contributed by atoms with Gasteiger partial charge in [-0.25, -0.2) is 19.3 Å². The van der Waals surface area contributed by atoms with Crippen LogP contribution >= 0.6 is 0 Å². The first-order valence-corrected chi connectivity index (χ1v) is 5.62. The van der Waals surface area contributed by atoms with Gasteiger partial charge in [-0.05, 0) is 23.8 Å². The molecule has 94 valence electrons. The highest BCUT2D eigenvalue weighted by Gasteiger charge is 2.04. The van der Waals surface area contributed by atoms with Gasteiger partial charge in [0.05, 0.1) is 0 Å². The molecule has 3 N–H and O–H groups in total. The van der Waals surface area contributed by atoms with Gasteiger partial charge in [0.2, 0.25) is 0 Å². The summed E-state index contributed by atoms with van der Waals surface area (Å²) in [6.07, 6.45) is 4.96. The summed E-state index contributed by atoms with van der Waals surface area (Å²) < 4.78 is 12.8. The van der Waals surface area contributed by atoms with E-state index in [1.54, 1.807) is 18.2 Å². The highest BCUT2D eigenvalue weighted by molar-refractivity contribution is 5.83. The molecular weight excluding hydrogens is 245 g/mol. The largest absolute Gasteiger partial charge is 0.382 e. The van der Waals surface area contributed by atoms with Crippen molar-refractivity contribution in [3.63, 3.8) is 0 Å². The molecule has 2 aromatic heterocycles. The van der Waals surface area contributed by atoms with E-state index >= 15 is 0 Å². The van der Waals surface area contributed by atoms with Crippen LogP contribution in [0.1, 0.15) is 11.4 Å². The molecule has 0 atom stereocenters. The van der Waals surface area contributed by atoms with Crippen LogP contribution in [0.5, 0.6) is 0 Å². The molecule has 0 aliphatic carbocycles. The monoisotopic (exact) mass is 255 g/mol. The Hall–Kier alpha value is -2.76. The van der Waals surface area contributed by atoms with Crippen LogP contribution in [-0.4, -0.2) is 19.9 Å². The second-order valence-corrected chi connectivity index (χ2v) is 3.96. The molecule has 0 unspecified atom stereocenters. The van der Waals surface area contributed by atoms with Crippen LogP contribution in [0.2, 0.25) is 0 Å². The average Bonchev–Trinajstić information content (AvgIpc) is 2.83. The number of rotatable bonds is 2. The number of halogens is 1. The van der Waals surface area contributed by atoms with Crippen LogP contribution in [-0.2, 0) is 0 Å². The zero-order valence-electron chi connectivity index (χ0n) is 9.84. The highest BCUT2D eigenvalue weighted by Crippen LogP contribution is 2.15. The van der Waals surface area contributed by atoms with E-state index in [1.807, 2.05) is 6.08 Å². The lowest BCUT2D eigenvalue weighted by Crippen LogP contribution is -1.91. The molecule has 0 saturated carbocycles. The van der Waals surface area contributed by atoms with Crippen LogP contribution in [0.3, 0.4) is 0 Å². The molecule has 0 saturated heterocycles. The second-order valence-electron chi connectivity index (χ2n) is 3.96.